The summed E-state index contributed by atoms with van der Waals surface area (Å²) in [6, 6.07) is 0. The molecule has 1 atom stereocenters. The van der Waals surface area contributed by atoms with Gasteiger partial charge in [-0.05, 0) is 18.8 Å². The van der Waals surface area contributed by atoms with E-state index in [0.29, 0.717) is 0 Å². The molecule has 0 saturated heterocycles. The van der Waals surface area contributed by atoms with Crippen molar-refractivity contribution in [1.29, 1.82) is 0 Å². The lowest BCUT2D eigenvalue weighted by Crippen LogP contribution is -2.02. The maximum Gasteiger partial charge on any atom is -0.0383 e. The molecule has 0 aliphatic heterocycles. The van der Waals surface area contributed by atoms with Crippen LogP contribution in [0.15, 0.2) is 0 Å². The molecular weight excluding hydrogens is 312 g/mol. The molecule has 157 valence electrons. The molecule has 0 rings (SSSR count). The molecule has 0 aromatic heterocycles. The number of rotatable bonds is 22. The Morgan fingerprint density at radius 2 is 0.846 bits per heavy atom. The summed E-state index contributed by atoms with van der Waals surface area (Å²) in [6.45, 7) is 6.94. The first-order valence-corrected chi connectivity index (χ1v) is 12.7. The SMILES string of the molecule is CCCCCCCCC[CH]CC(CCCCCC)CCCCCCCC. The lowest BCUT2D eigenvalue weighted by atomic mass is 9.89. The Balaban J connectivity index is 3.68. The number of hydrogen-bond donors (Lipinski definition) is 0. The van der Waals surface area contributed by atoms with Gasteiger partial charge >= 0.3 is 0 Å². The maximum absolute atomic E-state index is 2.65. The predicted molar refractivity (Wildman–Crippen MR) is 122 cm³/mol. The average molecular weight is 366 g/mol. The van der Waals surface area contributed by atoms with Gasteiger partial charge in [-0.2, -0.15) is 0 Å². The van der Waals surface area contributed by atoms with Crippen LogP contribution < -0.4 is 0 Å². The van der Waals surface area contributed by atoms with E-state index in [1.54, 1.807) is 0 Å². The smallest absolute Gasteiger partial charge is 0.0383 e. The fourth-order valence-electron chi connectivity index (χ4n) is 4.05. The largest absolute Gasteiger partial charge is 0.0654 e. The van der Waals surface area contributed by atoms with Crippen LogP contribution >= 0.6 is 0 Å². The number of hydrogen-bond acceptors (Lipinski definition) is 0. The molecule has 0 bridgehead atoms. The summed E-state index contributed by atoms with van der Waals surface area (Å²) < 4.78 is 0. The zero-order chi connectivity index (χ0) is 19.1. The number of unbranched alkanes of at least 4 members (excludes halogenated alkanes) is 16. The van der Waals surface area contributed by atoms with E-state index in [4.69, 9.17) is 0 Å². The van der Waals surface area contributed by atoms with Gasteiger partial charge in [-0.1, -0.05) is 149 Å². The summed E-state index contributed by atoms with van der Waals surface area (Å²) >= 11 is 0. The first kappa shape index (κ1) is 26.0. The highest BCUT2D eigenvalue weighted by Crippen LogP contribution is 2.24. The van der Waals surface area contributed by atoms with Crippen molar-refractivity contribution in [3.8, 4) is 0 Å². The summed E-state index contributed by atoms with van der Waals surface area (Å²) in [5.41, 5.74) is 0. The molecule has 0 heterocycles. The molecule has 0 aliphatic rings. The quantitative estimate of drug-likeness (QED) is 0.167. The van der Waals surface area contributed by atoms with Gasteiger partial charge in [0.2, 0.25) is 0 Å². The minimum atomic E-state index is 0.989. The zero-order valence-corrected chi connectivity index (χ0v) is 19.0. The van der Waals surface area contributed by atoms with E-state index in [9.17, 15) is 0 Å². The summed E-state index contributed by atoms with van der Waals surface area (Å²) in [7, 11) is 0. The van der Waals surface area contributed by atoms with Crippen molar-refractivity contribution < 1.29 is 0 Å². The van der Waals surface area contributed by atoms with Crippen LogP contribution in [0.5, 0.6) is 0 Å². The molecule has 0 fully saturated rings. The zero-order valence-electron chi connectivity index (χ0n) is 19.0. The summed E-state index contributed by atoms with van der Waals surface area (Å²) in [4.78, 5) is 0. The van der Waals surface area contributed by atoms with Gasteiger partial charge in [-0.15, -0.1) is 0 Å². The van der Waals surface area contributed by atoms with E-state index in [1.165, 1.54) is 135 Å². The molecule has 1 radical (unpaired) electrons. The van der Waals surface area contributed by atoms with Crippen molar-refractivity contribution >= 4 is 0 Å². The van der Waals surface area contributed by atoms with Crippen molar-refractivity contribution in [2.75, 3.05) is 0 Å². The fraction of sp³-hybridized carbons (Fsp3) is 0.962. The molecule has 0 spiro atoms. The Labute approximate surface area is 168 Å². The van der Waals surface area contributed by atoms with Gasteiger partial charge in [0.25, 0.3) is 0 Å². The van der Waals surface area contributed by atoms with E-state index in [-0.39, 0.29) is 0 Å². The minimum absolute atomic E-state index is 0.989. The summed E-state index contributed by atoms with van der Waals surface area (Å²) in [6.07, 6.45) is 32.9. The lowest BCUT2D eigenvalue weighted by Gasteiger charge is -2.17. The highest BCUT2D eigenvalue weighted by Gasteiger charge is 2.08. The maximum atomic E-state index is 2.65. The first-order valence-electron chi connectivity index (χ1n) is 12.7. The second-order valence-electron chi connectivity index (χ2n) is 8.71. The van der Waals surface area contributed by atoms with Gasteiger partial charge < -0.3 is 0 Å². The molecule has 0 amide bonds. The second-order valence-corrected chi connectivity index (χ2v) is 8.71. The Morgan fingerprint density at radius 1 is 0.462 bits per heavy atom. The van der Waals surface area contributed by atoms with Crippen molar-refractivity contribution in [2.45, 2.75) is 156 Å². The van der Waals surface area contributed by atoms with Crippen molar-refractivity contribution in [1.82, 2.24) is 0 Å². The van der Waals surface area contributed by atoms with Crippen LogP contribution in [0, 0.1) is 12.3 Å². The van der Waals surface area contributed by atoms with Crippen LogP contribution in [0.25, 0.3) is 0 Å². The van der Waals surface area contributed by atoms with E-state index in [0.717, 1.165) is 5.92 Å². The third-order valence-corrected chi connectivity index (χ3v) is 5.94. The summed E-state index contributed by atoms with van der Waals surface area (Å²) in [5.74, 6) is 0.989. The normalized spacial score (nSPS) is 12.6. The molecule has 0 N–H and O–H groups in total. The minimum Gasteiger partial charge on any atom is -0.0654 e. The molecular formula is C26H53. The lowest BCUT2D eigenvalue weighted by molar-refractivity contribution is 0.395. The highest BCUT2D eigenvalue weighted by molar-refractivity contribution is 4.72. The first-order chi connectivity index (χ1) is 12.8. The topological polar surface area (TPSA) is 0 Å². The van der Waals surface area contributed by atoms with Crippen molar-refractivity contribution in [3.05, 3.63) is 6.42 Å². The van der Waals surface area contributed by atoms with E-state index >= 15 is 0 Å². The third kappa shape index (κ3) is 20.3. The van der Waals surface area contributed by atoms with Gasteiger partial charge in [-0.3, -0.25) is 0 Å². The van der Waals surface area contributed by atoms with E-state index in [1.807, 2.05) is 0 Å². The molecule has 0 heteroatoms. The van der Waals surface area contributed by atoms with Gasteiger partial charge in [0, 0.05) is 0 Å². The predicted octanol–water partition coefficient (Wildman–Crippen LogP) is 10.1. The monoisotopic (exact) mass is 365 g/mol. The van der Waals surface area contributed by atoms with Crippen LogP contribution in [0.2, 0.25) is 0 Å². The molecule has 0 saturated carbocycles. The second kappa shape index (κ2) is 23.0. The average Bonchev–Trinajstić information content (AvgIpc) is 2.65. The Bertz CT molecular complexity index is 232. The van der Waals surface area contributed by atoms with Crippen LogP contribution in [0.3, 0.4) is 0 Å². The highest BCUT2D eigenvalue weighted by atomic mass is 14.1. The Kier molecular flexibility index (Phi) is 23.0. The Morgan fingerprint density at radius 3 is 1.35 bits per heavy atom. The summed E-state index contributed by atoms with van der Waals surface area (Å²) in [5, 5.41) is 0. The molecule has 0 aromatic rings. The van der Waals surface area contributed by atoms with E-state index < -0.39 is 0 Å². The molecule has 1 unspecified atom stereocenters. The third-order valence-electron chi connectivity index (χ3n) is 5.94. The van der Waals surface area contributed by atoms with Gasteiger partial charge in [-0.25, -0.2) is 0 Å². The van der Waals surface area contributed by atoms with Gasteiger partial charge in [0.05, 0.1) is 0 Å². The van der Waals surface area contributed by atoms with Crippen LogP contribution in [-0.2, 0) is 0 Å². The molecule has 0 aliphatic carbocycles. The van der Waals surface area contributed by atoms with Crippen LogP contribution in [-0.4, -0.2) is 0 Å². The molecule has 0 nitrogen and oxygen atoms in total. The molecule has 26 heavy (non-hydrogen) atoms. The van der Waals surface area contributed by atoms with Crippen LogP contribution in [0.1, 0.15) is 156 Å². The van der Waals surface area contributed by atoms with Crippen molar-refractivity contribution in [3.63, 3.8) is 0 Å². The molecule has 0 aromatic carbocycles. The van der Waals surface area contributed by atoms with E-state index in [2.05, 4.69) is 27.2 Å². The van der Waals surface area contributed by atoms with Crippen molar-refractivity contribution in [2.24, 2.45) is 5.92 Å². The fourth-order valence-corrected chi connectivity index (χ4v) is 4.05. The van der Waals surface area contributed by atoms with Crippen LogP contribution in [0.4, 0.5) is 0 Å². The van der Waals surface area contributed by atoms with Gasteiger partial charge in [0.1, 0.15) is 0 Å². The van der Waals surface area contributed by atoms with Gasteiger partial charge in [0.15, 0.2) is 0 Å². The standard InChI is InChI=1S/C26H53/c1-4-7-10-13-15-16-17-19-22-25-26(23-20-12-9-6-3)24-21-18-14-11-8-5-2/h22,26H,4-21,23-25H2,1-3H3. The Hall–Kier alpha value is 0.